The monoisotopic (exact) mass is 161 g/mol. The maximum Gasteiger partial charge on any atom is 0.557 e. The number of hydrogen-bond donors (Lipinski definition) is 0. The zero-order valence-electron chi connectivity index (χ0n) is 6.12. The first-order valence-electron chi connectivity index (χ1n) is 3.80. The highest BCUT2D eigenvalue weighted by atomic mass is 19.4. The topological polar surface area (TPSA) is 0 Å². The lowest BCUT2D eigenvalue weighted by Crippen LogP contribution is -2.11. The molecule has 0 aromatic carbocycles. The van der Waals surface area contributed by atoms with Gasteiger partial charge in [-0.15, -0.1) is 5.92 Å². The van der Waals surface area contributed by atoms with Gasteiger partial charge in [0.1, 0.15) is 0 Å². The van der Waals surface area contributed by atoms with Gasteiger partial charge in [-0.25, -0.2) is 5.82 Å². The first-order chi connectivity index (χ1) is 5.08. The molecular weight excluding hydrogens is 152 g/mol. The number of halogens is 3. The molecule has 1 saturated carbocycles. The Bertz CT molecular complexity index is 180. The van der Waals surface area contributed by atoms with E-state index < -0.39 is 6.98 Å². The molecular formula is C7H9BF3-. The Balaban J connectivity index is 2.42. The van der Waals surface area contributed by atoms with Gasteiger partial charge in [0.15, 0.2) is 0 Å². The number of rotatable bonds is 0. The molecule has 0 N–H and O–H groups in total. The first-order valence-corrected chi connectivity index (χ1v) is 3.80. The Morgan fingerprint density at radius 3 is 2.09 bits per heavy atom. The fourth-order valence-corrected chi connectivity index (χ4v) is 1.28. The van der Waals surface area contributed by atoms with Gasteiger partial charge in [0, 0.05) is 5.92 Å². The van der Waals surface area contributed by atoms with E-state index >= 15 is 0 Å². The Hall–Kier alpha value is -0.585. The van der Waals surface area contributed by atoms with Gasteiger partial charge in [-0.3, -0.25) is 0 Å². The van der Waals surface area contributed by atoms with E-state index in [1.807, 2.05) is 0 Å². The van der Waals surface area contributed by atoms with Crippen molar-refractivity contribution in [1.29, 1.82) is 0 Å². The summed E-state index contributed by atoms with van der Waals surface area (Å²) >= 11 is 0. The predicted octanol–water partition coefficient (Wildman–Crippen LogP) is 2.57. The molecule has 4 heteroatoms. The third kappa shape index (κ3) is 3.36. The van der Waals surface area contributed by atoms with Crippen molar-refractivity contribution in [2.45, 2.75) is 25.7 Å². The van der Waals surface area contributed by atoms with E-state index in [0.717, 1.165) is 25.7 Å². The largest absolute Gasteiger partial charge is 0.557 e. The van der Waals surface area contributed by atoms with E-state index in [4.69, 9.17) is 0 Å². The molecule has 0 aromatic rings. The van der Waals surface area contributed by atoms with Crippen LogP contribution in [0.1, 0.15) is 25.7 Å². The van der Waals surface area contributed by atoms with Gasteiger partial charge in [0.05, 0.1) is 0 Å². The van der Waals surface area contributed by atoms with E-state index in [1.54, 1.807) is 0 Å². The van der Waals surface area contributed by atoms with Crippen LogP contribution >= 0.6 is 0 Å². The molecule has 0 radical (unpaired) electrons. The van der Waals surface area contributed by atoms with E-state index in [1.165, 1.54) is 5.82 Å². The lowest BCUT2D eigenvalue weighted by atomic mass is 9.92. The molecule has 62 valence electrons. The third-order valence-electron chi connectivity index (χ3n) is 1.81. The fraction of sp³-hybridized carbons (Fsp3) is 0.714. The SMILES string of the molecule is F[B-](F)(F)C#CC1CCCC1. The lowest BCUT2D eigenvalue weighted by Gasteiger charge is -2.04. The zero-order chi connectivity index (χ0) is 8.32. The average molecular weight is 161 g/mol. The van der Waals surface area contributed by atoms with Gasteiger partial charge >= 0.3 is 6.98 Å². The molecule has 0 aromatic heterocycles. The van der Waals surface area contributed by atoms with Gasteiger partial charge < -0.3 is 12.9 Å². The fourth-order valence-electron chi connectivity index (χ4n) is 1.28. The minimum Gasteiger partial charge on any atom is -0.438 e. The Morgan fingerprint density at radius 2 is 1.64 bits per heavy atom. The summed E-state index contributed by atoms with van der Waals surface area (Å²) in [6.45, 7) is -4.88. The molecule has 0 heterocycles. The van der Waals surface area contributed by atoms with Gasteiger partial charge in [0.2, 0.25) is 0 Å². The first kappa shape index (κ1) is 8.51. The van der Waals surface area contributed by atoms with E-state index in [2.05, 4.69) is 5.92 Å². The van der Waals surface area contributed by atoms with Crippen LogP contribution in [-0.2, 0) is 0 Å². The van der Waals surface area contributed by atoms with Crippen molar-refractivity contribution in [3.63, 3.8) is 0 Å². The molecule has 1 fully saturated rings. The van der Waals surface area contributed by atoms with Crippen LogP contribution in [0, 0.1) is 17.7 Å². The Kier molecular flexibility index (Phi) is 2.48. The summed E-state index contributed by atoms with van der Waals surface area (Å²) in [6.07, 6.45) is 3.76. The Morgan fingerprint density at radius 1 is 1.09 bits per heavy atom. The summed E-state index contributed by atoms with van der Waals surface area (Å²) in [6, 6.07) is 0. The van der Waals surface area contributed by atoms with Crippen LogP contribution in [0.25, 0.3) is 0 Å². The maximum atomic E-state index is 11.6. The molecule has 1 rings (SSSR count). The van der Waals surface area contributed by atoms with Crippen LogP contribution in [0.5, 0.6) is 0 Å². The van der Waals surface area contributed by atoms with Crippen LogP contribution < -0.4 is 0 Å². The highest BCUT2D eigenvalue weighted by Gasteiger charge is 2.19. The quantitative estimate of drug-likeness (QED) is 0.378. The van der Waals surface area contributed by atoms with E-state index in [9.17, 15) is 12.9 Å². The van der Waals surface area contributed by atoms with Gasteiger partial charge in [-0.2, -0.15) is 0 Å². The predicted molar refractivity (Wildman–Crippen MR) is 38.8 cm³/mol. The summed E-state index contributed by atoms with van der Waals surface area (Å²) < 4.78 is 34.8. The van der Waals surface area contributed by atoms with Gasteiger partial charge in [0.25, 0.3) is 0 Å². The zero-order valence-corrected chi connectivity index (χ0v) is 6.12. The second kappa shape index (κ2) is 3.21. The summed E-state index contributed by atoms with van der Waals surface area (Å²) in [7, 11) is 0. The highest BCUT2D eigenvalue weighted by molar-refractivity contribution is 6.67. The van der Waals surface area contributed by atoms with Crippen molar-refractivity contribution >= 4 is 6.98 Å². The number of hydrogen-bond acceptors (Lipinski definition) is 0. The van der Waals surface area contributed by atoms with E-state index in [-0.39, 0.29) is 5.92 Å². The van der Waals surface area contributed by atoms with Crippen LogP contribution in [-0.4, -0.2) is 6.98 Å². The molecule has 0 unspecified atom stereocenters. The van der Waals surface area contributed by atoms with Crippen LogP contribution in [0.4, 0.5) is 12.9 Å². The molecule has 0 bridgehead atoms. The molecule has 0 amide bonds. The molecule has 0 nitrogen and oxygen atoms in total. The summed E-state index contributed by atoms with van der Waals surface area (Å²) in [5.74, 6) is 3.66. The average Bonchev–Trinajstić information content (AvgIpc) is 2.32. The Labute approximate surface area is 64.2 Å². The van der Waals surface area contributed by atoms with Crippen LogP contribution in [0.3, 0.4) is 0 Å². The van der Waals surface area contributed by atoms with Crippen molar-refractivity contribution in [2.75, 3.05) is 0 Å². The maximum absolute atomic E-state index is 11.6. The van der Waals surface area contributed by atoms with Crippen molar-refractivity contribution in [3.05, 3.63) is 0 Å². The molecule has 0 saturated heterocycles. The molecule has 0 spiro atoms. The molecule has 0 aliphatic heterocycles. The second-order valence-electron chi connectivity index (χ2n) is 2.84. The summed E-state index contributed by atoms with van der Waals surface area (Å²) in [4.78, 5) is 0. The molecule has 1 aliphatic carbocycles. The smallest absolute Gasteiger partial charge is 0.438 e. The van der Waals surface area contributed by atoms with Crippen molar-refractivity contribution < 1.29 is 12.9 Å². The normalized spacial score (nSPS) is 19.5. The van der Waals surface area contributed by atoms with Crippen LogP contribution in [0.15, 0.2) is 0 Å². The van der Waals surface area contributed by atoms with Crippen molar-refractivity contribution in [2.24, 2.45) is 5.92 Å². The third-order valence-corrected chi connectivity index (χ3v) is 1.81. The van der Waals surface area contributed by atoms with Crippen molar-refractivity contribution in [1.82, 2.24) is 0 Å². The minimum absolute atomic E-state index is 0.0125. The van der Waals surface area contributed by atoms with Gasteiger partial charge in [-0.1, -0.05) is 12.8 Å². The molecule has 11 heavy (non-hydrogen) atoms. The van der Waals surface area contributed by atoms with Gasteiger partial charge in [-0.05, 0) is 12.8 Å². The minimum atomic E-state index is -4.88. The standard InChI is InChI=1S/C7H9BF3/c9-8(10,11)6-5-7-3-1-2-4-7/h7H,1-4H2/q-1. The lowest BCUT2D eigenvalue weighted by molar-refractivity contribution is 0.503. The summed E-state index contributed by atoms with van der Waals surface area (Å²) in [5, 5.41) is 0. The second-order valence-corrected chi connectivity index (χ2v) is 2.84. The molecule has 0 atom stereocenters. The highest BCUT2D eigenvalue weighted by Crippen LogP contribution is 2.24. The molecule has 1 aliphatic rings. The van der Waals surface area contributed by atoms with Crippen LogP contribution in [0.2, 0.25) is 0 Å². The van der Waals surface area contributed by atoms with E-state index in [0.29, 0.717) is 0 Å². The van der Waals surface area contributed by atoms with Crippen molar-refractivity contribution in [3.8, 4) is 11.7 Å². The summed E-state index contributed by atoms with van der Waals surface area (Å²) in [5.41, 5.74) is 0.